The Morgan fingerprint density at radius 3 is 2.88 bits per heavy atom. The molecule has 1 heterocycles. The summed E-state index contributed by atoms with van der Waals surface area (Å²) in [7, 11) is 0. The molecule has 0 unspecified atom stereocenters. The Morgan fingerprint density at radius 1 is 1.62 bits per heavy atom. The highest BCUT2D eigenvalue weighted by Gasteiger charge is 2.42. The summed E-state index contributed by atoms with van der Waals surface area (Å²) < 4.78 is 2.64. The van der Waals surface area contributed by atoms with Crippen LogP contribution in [0.1, 0.15) is 24.8 Å². The van der Waals surface area contributed by atoms with Crippen LogP contribution in [0.15, 0.2) is 21.5 Å². The minimum atomic E-state index is 0.0485. The van der Waals surface area contributed by atoms with Gasteiger partial charge in [-0.15, -0.1) is 0 Å². The molecule has 1 saturated carbocycles. The number of nitrogens with zero attached hydrogens (tertiary/aromatic N) is 2. The van der Waals surface area contributed by atoms with E-state index in [9.17, 15) is 4.79 Å². The van der Waals surface area contributed by atoms with Crippen LogP contribution in [0.25, 0.3) is 0 Å². The predicted octanol–water partition coefficient (Wildman–Crippen LogP) is 2.61. The molecule has 0 atom stereocenters. The van der Waals surface area contributed by atoms with Crippen molar-refractivity contribution in [3.63, 3.8) is 0 Å². The van der Waals surface area contributed by atoms with Gasteiger partial charge >= 0.3 is 0 Å². The van der Waals surface area contributed by atoms with Crippen molar-refractivity contribution in [2.45, 2.75) is 32.7 Å². The van der Waals surface area contributed by atoms with Gasteiger partial charge in [-0.1, -0.05) is 0 Å². The average Bonchev–Trinajstić information content (AvgIpc) is 2.94. The van der Waals surface area contributed by atoms with Crippen LogP contribution in [0.2, 0.25) is 0 Å². The number of halogens is 1. The van der Waals surface area contributed by atoms with Crippen molar-refractivity contribution in [2.24, 2.45) is 5.41 Å². The standard InChI is InChI=1S/C12H13BrN2O/c1-9-6-10(13)7-15(11(9)16)8-12(2-3-12)4-5-14/h6-7H,2-4,8H2,1H3. The van der Waals surface area contributed by atoms with E-state index in [-0.39, 0.29) is 11.0 Å². The molecule has 1 fully saturated rings. The molecule has 2 rings (SSSR count). The van der Waals surface area contributed by atoms with Gasteiger partial charge in [0.25, 0.3) is 5.56 Å². The van der Waals surface area contributed by atoms with E-state index in [2.05, 4.69) is 22.0 Å². The lowest BCUT2D eigenvalue weighted by molar-refractivity contribution is 0.422. The molecule has 1 aromatic heterocycles. The molecular formula is C12H13BrN2O. The molecule has 0 N–H and O–H groups in total. The molecule has 0 saturated heterocycles. The molecule has 1 aromatic rings. The van der Waals surface area contributed by atoms with Crippen LogP contribution in [0.4, 0.5) is 0 Å². The lowest BCUT2D eigenvalue weighted by Gasteiger charge is -2.14. The van der Waals surface area contributed by atoms with Crippen molar-refractivity contribution in [3.8, 4) is 6.07 Å². The number of nitriles is 1. The summed E-state index contributed by atoms with van der Waals surface area (Å²) in [4.78, 5) is 11.9. The molecule has 0 bridgehead atoms. The van der Waals surface area contributed by atoms with Crippen LogP contribution in [-0.2, 0) is 6.54 Å². The Balaban J connectivity index is 2.29. The number of rotatable bonds is 3. The van der Waals surface area contributed by atoms with Gasteiger partial charge < -0.3 is 4.57 Å². The van der Waals surface area contributed by atoms with Crippen molar-refractivity contribution in [1.29, 1.82) is 5.26 Å². The maximum absolute atomic E-state index is 11.9. The second-order valence-corrected chi connectivity index (χ2v) is 5.52. The van der Waals surface area contributed by atoms with Gasteiger partial charge in [-0.2, -0.15) is 5.26 Å². The lowest BCUT2D eigenvalue weighted by Crippen LogP contribution is -2.25. The van der Waals surface area contributed by atoms with Gasteiger partial charge in [-0.3, -0.25) is 4.79 Å². The van der Waals surface area contributed by atoms with Gasteiger partial charge in [0.15, 0.2) is 0 Å². The van der Waals surface area contributed by atoms with Gasteiger partial charge in [0.2, 0.25) is 0 Å². The maximum atomic E-state index is 11.9. The quantitative estimate of drug-likeness (QED) is 0.855. The first-order valence-electron chi connectivity index (χ1n) is 5.30. The summed E-state index contributed by atoms with van der Waals surface area (Å²) in [6, 6.07) is 4.03. The number of hydrogen-bond donors (Lipinski definition) is 0. The summed E-state index contributed by atoms with van der Waals surface area (Å²) in [5, 5.41) is 8.75. The van der Waals surface area contributed by atoms with Crippen LogP contribution in [-0.4, -0.2) is 4.57 Å². The fourth-order valence-electron chi connectivity index (χ4n) is 1.95. The molecule has 0 aromatic carbocycles. The van der Waals surface area contributed by atoms with E-state index in [0.29, 0.717) is 13.0 Å². The van der Waals surface area contributed by atoms with Gasteiger partial charge in [0.1, 0.15) is 0 Å². The van der Waals surface area contributed by atoms with Crippen molar-refractivity contribution in [1.82, 2.24) is 4.57 Å². The Bertz CT molecular complexity index is 509. The van der Waals surface area contributed by atoms with Gasteiger partial charge in [0.05, 0.1) is 6.07 Å². The first kappa shape index (κ1) is 11.4. The van der Waals surface area contributed by atoms with E-state index in [0.717, 1.165) is 22.9 Å². The third kappa shape index (κ3) is 2.19. The van der Waals surface area contributed by atoms with E-state index in [4.69, 9.17) is 5.26 Å². The predicted molar refractivity (Wildman–Crippen MR) is 65.0 cm³/mol. The van der Waals surface area contributed by atoms with Crippen molar-refractivity contribution in [2.75, 3.05) is 0 Å². The molecule has 1 aliphatic rings. The van der Waals surface area contributed by atoms with E-state index in [1.54, 1.807) is 4.57 Å². The molecule has 1 aliphatic carbocycles. The molecule has 84 valence electrons. The number of pyridine rings is 1. The van der Waals surface area contributed by atoms with Gasteiger partial charge in [0, 0.05) is 34.6 Å². The van der Waals surface area contributed by atoms with Crippen molar-refractivity contribution >= 4 is 15.9 Å². The largest absolute Gasteiger partial charge is 0.314 e. The highest BCUT2D eigenvalue weighted by molar-refractivity contribution is 9.10. The Morgan fingerprint density at radius 2 is 2.31 bits per heavy atom. The zero-order chi connectivity index (χ0) is 11.8. The SMILES string of the molecule is Cc1cc(Br)cn(CC2(CC#N)CC2)c1=O. The first-order valence-corrected chi connectivity index (χ1v) is 6.09. The van der Waals surface area contributed by atoms with Crippen LogP contribution in [0.5, 0.6) is 0 Å². The van der Waals surface area contributed by atoms with Crippen LogP contribution < -0.4 is 5.56 Å². The molecule has 0 radical (unpaired) electrons. The number of aromatic nitrogens is 1. The highest BCUT2D eigenvalue weighted by Crippen LogP contribution is 2.49. The molecular weight excluding hydrogens is 268 g/mol. The van der Waals surface area contributed by atoms with E-state index < -0.39 is 0 Å². The topological polar surface area (TPSA) is 45.8 Å². The normalized spacial score (nSPS) is 16.8. The van der Waals surface area contributed by atoms with Crippen LogP contribution in [0, 0.1) is 23.7 Å². The number of hydrogen-bond acceptors (Lipinski definition) is 2. The molecule has 4 heteroatoms. The fourth-order valence-corrected chi connectivity index (χ4v) is 2.54. The third-order valence-electron chi connectivity index (χ3n) is 3.15. The van der Waals surface area contributed by atoms with Crippen LogP contribution in [0.3, 0.4) is 0 Å². The van der Waals surface area contributed by atoms with Crippen molar-refractivity contribution < 1.29 is 0 Å². The summed E-state index contributed by atoms with van der Waals surface area (Å²) in [6.07, 6.45) is 4.47. The highest BCUT2D eigenvalue weighted by atomic mass is 79.9. The third-order valence-corrected chi connectivity index (χ3v) is 3.58. The molecule has 0 spiro atoms. The summed E-state index contributed by atoms with van der Waals surface area (Å²) in [6.45, 7) is 2.48. The minimum absolute atomic E-state index is 0.0485. The zero-order valence-electron chi connectivity index (χ0n) is 9.16. The maximum Gasteiger partial charge on any atom is 0.253 e. The second kappa shape index (κ2) is 4.06. The van der Waals surface area contributed by atoms with Crippen LogP contribution >= 0.6 is 15.9 Å². The monoisotopic (exact) mass is 280 g/mol. The minimum Gasteiger partial charge on any atom is -0.314 e. The molecule has 3 nitrogen and oxygen atoms in total. The van der Waals surface area contributed by atoms with E-state index >= 15 is 0 Å². The molecule has 0 amide bonds. The Hall–Kier alpha value is -1.08. The van der Waals surface area contributed by atoms with E-state index in [1.807, 2.05) is 19.2 Å². The smallest absolute Gasteiger partial charge is 0.253 e. The molecule has 16 heavy (non-hydrogen) atoms. The first-order chi connectivity index (χ1) is 7.56. The Labute approximate surface area is 103 Å². The summed E-state index contributed by atoms with van der Waals surface area (Å²) >= 11 is 3.39. The Kier molecular flexibility index (Phi) is 2.90. The fraction of sp³-hybridized carbons (Fsp3) is 0.500. The lowest BCUT2D eigenvalue weighted by atomic mass is 10.0. The summed E-state index contributed by atoms with van der Waals surface area (Å²) in [5.41, 5.74) is 0.848. The number of aryl methyl sites for hydroxylation is 1. The second-order valence-electron chi connectivity index (χ2n) is 4.61. The average molecular weight is 281 g/mol. The molecule has 0 aliphatic heterocycles. The van der Waals surface area contributed by atoms with Crippen molar-refractivity contribution in [3.05, 3.63) is 32.7 Å². The van der Waals surface area contributed by atoms with Gasteiger partial charge in [-0.25, -0.2) is 0 Å². The summed E-state index contributed by atoms with van der Waals surface area (Å²) in [5.74, 6) is 0. The van der Waals surface area contributed by atoms with E-state index in [1.165, 1.54) is 0 Å². The zero-order valence-corrected chi connectivity index (χ0v) is 10.7. The van der Waals surface area contributed by atoms with Gasteiger partial charge in [-0.05, 0) is 41.8 Å².